The maximum Gasteiger partial charge on any atom is 0.264 e. The summed E-state index contributed by atoms with van der Waals surface area (Å²) in [4.78, 5) is 31.3. The number of amides is 2. The Hall–Kier alpha value is -5.25. The molecule has 8 nitrogen and oxygen atoms in total. The summed E-state index contributed by atoms with van der Waals surface area (Å²) >= 11 is 0. The van der Waals surface area contributed by atoms with Gasteiger partial charge in [0.05, 0.1) is 23.5 Å². The van der Waals surface area contributed by atoms with E-state index in [1.807, 2.05) is 24.3 Å². The van der Waals surface area contributed by atoms with Gasteiger partial charge >= 0.3 is 0 Å². The molecule has 1 N–H and O–H groups in total. The average molecular weight is 596 g/mol. The molecule has 224 valence electrons. The summed E-state index contributed by atoms with van der Waals surface area (Å²) in [6.45, 7) is 1.30. The van der Waals surface area contributed by atoms with E-state index in [1.165, 1.54) is 40.1 Å². The highest BCUT2D eigenvalue weighted by molar-refractivity contribution is 6.12. The van der Waals surface area contributed by atoms with Gasteiger partial charge in [-0.1, -0.05) is 24.3 Å². The van der Waals surface area contributed by atoms with Gasteiger partial charge in [-0.15, -0.1) is 0 Å². The van der Waals surface area contributed by atoms with Crippen molar-refractivity contribution in [2.75, 3.05) is 11.6 Å². The number of phenols is 1. The molecule has 1 aliphatic heterocycles. The van der Waals surface area contributed by atoms with Crippen LogP contribution in [0.25, 0.3) is 11.3 Å². The van der Waals surface area contributed by atoms with Crippen LogP contribution in [-0.4, -0.2) is 48.9 Å². The Bertz CT molecular complexity index is 1880. The van der Waals surface area contributed by atoms with Crippen molar-refractivity contribution in [1.29, 1.82) is 0 Å². The van der Waals surface area contributed by atoms with Crippen molar-refractivity contribution in [3.8, 4) is 17.0 Å². The number of nitrogens with zero attached hydrogens (tertiary/aromatic N) is 5. The molecule has 2 aromatic heterocycles. The van der Waals surface area contributed by atoms with Gasteiger partial charge in [0.1, 0.15) is 18.2 Å². The van der Waals surface area contributed by atoms with Gasteiger partial charge in [0.25, 0.3) is 11.8 Å². The molecule has 0 saturated carbocycles. The molecule has 0 radical (unpaired) electrons. The standard InChI is InChI=1S/C34H31F2N5O3/c1-21-30(34(44)41(27-18-37-38(2)20-27)25-9-11-28(42)12-10-25)16-32(39(21)3)31-15-24(36)8-13-29(31)33(43)40-19-23-7-5-4-6-22(23)14-26(40)17-35/h4-13,15-16,18,20,26,42H,14,17,19H2,1-3H3/t26-/m0/s1. The predicted octanol–water partition coefficient (Wildman–Crippen LogP) is 6.09. The monoisotopic (exact) mass is 595 g/mol. The smallest absolute Gasteiger partial charge is 0.264 e. The third-order valence-electron chi connectivity index (χ3n) is 8.31. The van der Waals surface area contributed by atoms with Gasteiger partial charge in [-0.05, 0) is 73.0 Å². The topological polar surface area (TPSA) is 83.6 Å². The minimum atomic E-state index is -0.708. The highest BCUT2D eigenvalue weighted by Crippen LogP contribution is 2.35. The van der Waals surface area contributed by atoms with E-state index in [1.54, 1.807) is 60.9 Å². The molecular weight excluding hydrogens is 564 g/mol. The molecule has 1 atom stereocenters. The Morgan fingerprint density at radius 3 is 2.39 bits per heavy atom. The van der Waals surface area contributed by atoms with Crippen LogP contribution in [0.4, 0.5) is 20.2 Å². The van der Waals surface area contributed by atoms with E-state index in [2.05, 4.69) is 5.10 Å². The van der Waals surface area contributed by atoms with Crippen LogP contribution in [0.1, 0.15) is 37.5 Å². The Balaban J connectivity index is 1.42. The molecule has 0 aliphatic carbocycles. The summed E-state index contributed by atoms with van der Waals surface area (Å²) in [5.41, 5.74) is 4.87. The first-order valence-electron chi connectivity index (χ1n) is 14.2. The molecule has 10 heteroatoms. The number of carbonyl (C=O) groups excluding carboxylic acids is 2. The molecule has 3 heterocycles. The number of fused-ring (bicyclic) bond motifs is 1. The minimum Gasteiger partial charge on any atom is -0.508 e. The van der Waals surface area contributed by atoms with Gasteiger partial charge in [-0.3, -0.25) is 19.2 Å². The highest BCUT2D eigenvalue weighted by Gasteiger charge is 2.33. The molecule has 3 aromatic carbocycles. The quantitative estimate of drug-likeness (QED) is 0.257. The second-order valence-corrected chi connectivity index (χ2v) is 11.0. The molecule has 0 spiro atoms. The van der Waals surface area contributed by atoms with Gasteiger partial charge in [0.2, 0.25) is 0 Å². The number of aromatic hydroxyl groups is 1. The molecule has 0 fully saturated rings. The van der Waals surface area contributed by atoms with Gasteiger partial charge in [0, 0.05) is 55.0 Å². The number of carbonyl (C=O) groups is 2. The van der Waals surface area contributed by atoms with Crippen molar-refractivity contribution in [2.24, 2.45) is 14.1 Å². The summed E-state index contributed by atoms with van der Waals surface area (Å²) < 4.78 is 32.4. The van der Waals surface area contributed by atoms with Crippen LogP contribution in [-0.2, 0) is 27.1 Å². The van der Waals surface area contributed by atoms with Crippen molar-refractivity contribution in [3.63, 3.8) is 0 Å². The first-order valence-corrected chi connectivity index (χ1v) is 14.2. The summed E-state index contributed by atoms with van der Waals surface area (Å²) in [5.74, 6) is -1.28. The number of aryl methyl sites for hydroxylation is 1. The molecule has 0 unspecified atom stereocenters. The highest BCUT2D eigenvalue weighted by atomic mass is 19.1. The number of hydrogen-bond acceptors (Lipinski definition) is 4. The van der Waals surface area contributed by atoms with E-state index in [-0.39, 0.29) is 23.8 Å². The number of halogens is 2. The van der Waals surface area contributed by atoms with E-state index in [0.29, 0.717) is 40.3 Å². The zero-order valence-electron chi connectivity index (χ0n) is 24.5. The van der Waals surface area contributed by atoms with Crippen molar-refractivity contribution in [1.82, 2.24) is 19.2 Å². The van der Waals surface area contributed by atoms with Gasteiger partial charge in [-0.2, -0.15) is 5.10 Å². The van der Waals surface area contributed by atoms with E-state index in [9.17, 15) is 23.5 Å². The van der Waals surface area contributed by atoms with Crippen LogP contribution in [0.3, 0.4) is 0 Å². The van der Waals surface area contributed by atoms with Gasteiger partial charge < -0.3 is 14.6 Å². The van der Waals surface area contributed by atoms with Gasteiger partial charge in [-0.25, -0.2) is 8.78 Å². The molecule has 44 heavy (non-hydrogen) atoms. The number of anilines is 2. The minimum absolute atomic E-state index is 0.0565. The fourth-order valence-electron chi connectivity index (χ4n) is 5.84. The number of benzene rings is 3. The first kappa shape index (κ1) is 28.9. The van der Waals surface area contributed by atoms with E-state index in [4.69, 9.17) is 0 Å². The molecule has 0 saturated heterocycles. The second-order valence-electron chi connectivity index (χ2n) is 11.0. The number of hydrogen-bond donors (Lipinski definition) is 1. The van der Waals surface area contributed by atoms with Crippen LogP contribution < -0.4 is 4.90 Å². The van der Waals surface area contributed by atoms with Crippen molar-refractivity contribution >= 4 is 23.2 Å². The van der Waals surface area contributed by atoms with Crippen LogP contribution in [0.5, 0.6) is 5.75 Å². The summed E-state index contributed by atoms with van der Waals surface area (Å²) in [6, 6.07) is 18.8. The van der Waals surface area contributed by atoms with E-state index >= 15 is 0 Å². The lowest BCUT2D eigenvalue weighted by Crippen LogP contribution is -2.45. The third-order valence-corrected chi connectivity index (χ3v) is 8.31. The van der Waals surface area contributed by atoms with Crippen molar-refractivity contribution in [2.45, 2.75) is 25.9 Å². The van der Waals surface area contributed by atoms with E-state index < -0.39 is 24.4 Å². The molecule has 0 bridgehead atoms. The fraction of sp³-hybridized carbons (Fsp3) is 0.206. The summed E-state index contributed by atoms with van der Waals surface area (Å²) in [6.07, 6.45) is 3.65. The van der Waals surface area contributed by atoms with Gasteiger partial charge in [0.15, 0.2) is 0 Å². The average Bonchev–Trinajstić information content (AvgIpc) is 3.58. The molecule has 2 amide bonds. The lowest BCUT2D eigenvalue weighted by atomic mass is 9.93. The van der Waals surface area contributed by atoms with E-state index in [0.717, 1.165) is 11.1 Å². The fourth-order valence-corrected chi connectivity index (χ4v) is 5.84. The second kappa shape index (κ2) is 11.4. The number of rotatable bonds is 6. The van der Waals surface area contributed by atoms with Crippen LogP contribution in [0.15, 0.2) is 85.2 Å². The number of phenolic OH excluding ortho intramolecular Hbond substituents is 1. The number of aromatic nitrogens is 3. The number of alkyl halides is 1. The summed E-state index contributed by atoms with van der Waals surface area (Å²) in [7, 11) is 3.49. The Morgan fingerprint density at radius 1 is 0.977 bits per heavy atom. The van der Waals surface area contributed by atoms with Crippen molar-refractivity contribution < 1.29 is 23.5 Å². The lowest BCUT2D eigenvalue weighted by Gasteiger charge is -2.36. The molecular formula is C34H31F2N5O3. The Morgan fingerprint density at radius 2 is 1.70 bits per heavy atom. The third kappa shape index (κ3) is 5.12. The molecule has 5 aromatic rings. The Kier molecular flexibility index (Phi) is 7.50. The maximum atomic E-state index is 14.8. The predicted molar refractivity (Wildman–Crippen MR) is 163 cm³/mol. The first-order chi connectivity index (χ1) is 21.2. The zero-order valence-corrected chi connectivity index (χ0v) is 24.5. The SMILES string of the molecule is Cc1c(C(=O)N(c2ccc(O)cc2)c2cnn(C)c2)cc(-c2cc(F)ccc2C(=O)N2Cc3ccccc3C[C@H]2CF)n1C. The maximum absolute atomic E-state index is 14.8. The van der Waals surface area contributed by atoms with Crippen molar-refractivity contribution in [3.05, 3.63) is 119 Å². The molecule has 6 rings (SSSR count). The normalized spacial score (nSPS) is 14.4. The zero-order chi connectivity index (χ0) is 31.1. The van der Waals surface area contributed by atoms with Crippen LogP contribution >= 0.6 is 0 Å². The molecule has 1 aliphatic rings. The van der Waals surface area contributed by atoms with Crippen LogP contribution in [0.2, 0.25) is 0 Å². The lowest BCUT2D eigenvalue weighted by molar-refractivity contribution is 0.0606. The summed E-state index contributed by atoms with van der Waals surface area (Å²) in [5, 5.41) is 14.1. The Labute approximate surface area is 253 Å². The van der Waals surface area contributed by atoms with Crippen LogP contribution in [0, 0.1) is 12.7 Å². The largest absolute Gasteiger partial charge is 0.508 e.